The molecule has 12 heteroatoms. The van der Waals surface area contributed by atoms with E-state index in [2.05, 4.69) is 21.2 Å². The molecule has 0 spiro atoms. The molecule has 1 amide bonds. The molecule has 4 heterocycles. The van der Waals surface area contributed by atoms with E-state index in [1.54, 1.807) is 7.11 Å². The van der Waals surface area contributed by atoms with Gasteiger partial charge in [0.05, 0.1) is 25.3 Å². The maximum atomic E-state index is 13.4. The third-order valence-electron chi connectivity index (χ3n) is 10.6. The standard InChI is InChI=1S/C37H39ClN4O7/c1-19-12-22-13-24-26(16-39)42-25(32(41(24)3)30(22)33(45)34(19)46-4)14-23-31(27(42)17-40-28(43)11-10-21-8-6-5-7-9-21)37-36(47-18-48-37)20(2)35(23)49-29(44)15-38/h5-9,12,24-27,32,45H,10-11,13-15,17-18H2,1-4H3,(H,40,43)/t24-,25?,26-,27-,32-/m0/s1. The van der Waals surface area contributed by atoms with Crippen LogP contribution in [0.2, 0.25) is 0 Å². The molecule has 49 heavy (non-hydrogen) atoms. The number of rotatable bonds is 8. The molecule has 3 aromatic carbocycles. The number of nitrogens with zero attached hydrogens (tertiary/aromatic N) is 3. The number of halogens is 1. The number of methoxy groups -OCH3 is 1. The van der Waals surface area contributed by atoms with Gasteiger partial charge in [0.2, 0.25) is 12.7 Å². The van der Waals surface area contributed by atoms with Crippen molar-refractivity contribution in [3.05, 3.63) is 75.3 Å². The van der Waals surface area contributed by atoms with Crippen molar-refractivity contribution in [1.82, 2.24) is 15.1 Å². The summed E-state index contributed by atoms with van der Waals surface area (Å²) < 4.78 is 23.6. The van der Waals surface area contributed by atoms with E-state index in [0.29, 0.717) is 53.4 Å². The number of benzene rings is 3. The van der Waals surface area contributed by atoms with Crippen LogP contribution in [-0.2, 0) is 28.9 Å². The van der Waals surface area contributed by atoms with E-state index in [4.69, 9.17) is 30.5 Å². The number of likely N-dealkylation sites (N-methyl/N-ethyl adjacent to an activating group) is 1. The number of alkyl halides is 1. The molecule has 2 N–H and O–H groups in total. The summed E-state index contributed by atoms with van der Waals surface area (Å²) >= 11 is 5.93. The topological polar surface area (TPSA) is 134 Å². The zero-order valence-electron chi connectivity index (χ0n) is 27.9. The highest BCUT2D eigenvalue weighted by molar-refractivity contribution is 6.26. The summed E-state index contributed by atoms with van der Waals surface area (Å²) in [5.41, 5.74) is 5.63. The Morgan fingerprint density at radius 1 is 1.10 bits per heavy atom. The number of piperazine rings is 1. The molecule has 4 aliphatic rings. The van der Waals surface area contributed by atoms with Crippen molar-refractivity contribution >= 4 is 23.5 Å². The Balaban J connectivity index is 1.37. The van der Waals surface area contributed by atoms with Crippen LogP contribution in [-0.4, -0.2) is 78.3 Å². The van der Waals surface area contributed by atoms with Crippen LogP contribution in [0, 0.1) is 25.2 Å². The normalized spacial score (nSPS) is 23.5. The van der Waals surface area contributed by atoms with Gasteiger partial charge in [-0.2, -0.15) is 5.26 Å². The number of carbonyl (C=O) groups is 2. The number of ether oxygens (including phenoxy) is 4. The second-order valence-electron chi connectivity index (χ2n) is 13.1. The molecule has 11 nitrogen and oxygen atoms in total. The average molecular weight is 687 g/mol. The third kappa shape index (κ3) is 5.43. The van der Waals surface area contributed by atoms with E-state index in [9.17, 15) is 20.0 Å². The number of hydrogen-bond donors (Lipinski definition) is 2. The van der Waals surface area contributed by atoms with Gasteiger partial charge in [-0.3, -0.25) is 19.4 Å². The lowest BCUT2D eigenvalue weighted by Gasteiger charge is -2.60. The Hall–Kier alpha value is -4.50. The van der Waals surface area contributed by atoms with Gasteiger partial charge in [-0.15, -0.1) is 11.6 Å². The predicted molar refractivity (Wildman–Crippen MR) is 180 cm³/mol. The zero-order chi connectivity index (χ0) is 34.6. The summed E-state index contributed by atoms with van der Waals surface area (Å²) in [4.78, 5) is 30.5. The summed E-state index contributed by atoms with van der Waals surface area (Å²) in [5, 5.41) is 25.7. The number of esters is 1. The molecule has 1 saturated heterocycles. The molecular formula is C37H39ClN4O7. The first-order chi connectivity index (χ1) is 23.7. The average Bonchev–Trinajstić information content (AvgIpc) is 3.59. The molecule has 4 aliphatic heterocycles. The van der Waals surface area contributed by atoms with Gasteiger partial charge >= 0.3 is 5.97 Å². The summed E-state index contributed by atoms with van der Waals surface area (Å²) in [6.07, 6.45) is 1.76. The van der Waals surface area contributed by atoms with Crippen LogP contribution in [0.5, 0.6) is 28.7 Å². The second kappa shape index (κ2) is 13.1. The molecule has 0 radical (unpaired) electrons. The number of aryl methyl sites for hydroxylation is 2. The minimum absolute atomic E-state index is 0.0227. The first-order valence-corrected chi connectivity index (χ1v) is 17.0. The van der Waals surface area contributed by atoms with Crippen molar-refractivity contribution in [2.75, 3.05) is 33.4 Å². The van der Waals surface area contributed by atoms with Gasteiger partial charge in [-0.05, 0) is 56.8 Å². The lowest BCUT2D eigenvalue weighted by molar-refractivity contribution is -0.131. The number of phenols is 1. The Kier molecular flexibility index (Phi) is 8.82. The Morgan fingerprint density at radius 3 is 2.57 bits per heavy atom. The number of fused-ring (bicyclic) bond motifs is 9. The molecule has 0 saturated carbocycles. The first-order valence-electron chi connectivity index (χ1n) is 16.5. The molecule has 1 unspecified atom stereocenters. The summed E-state index contributed by atoms with van der Waals surface area (Å²) in [6, 6.07) is 12.4. The number of nitrogens with one attached hydrogen (secondary N) is 1. The van der Waals surface area contributed by atoms with Gasteiger partial charge < -0.3 is 29.4 Å². The fourth-order valence-electron chi connectivity index (χ4n) is 8.51. The van der Waals surface area contributed by atoms with Gasteiger partial charge in [0.15, 0.2) is 23.0 Å². The lowest BCUT2D eigenvalue weighted by Crippen LogP contribution is -2.68. The number of amides is 1. The number of carbonyl (C=O) groups excluding carboxylic acids is 2. The SMILES string of the molecule is COc1c(C)cc2c(c1O)[C@@H]1C3Cc4c(OC(=O)CCl)c(C)c5c(c4[C@H](CNC(=O)CCc4ccccc4)N3[C@@H](C#N)[C@H](C2)N1C)OCO5. The minimum atomic E-state index is -0.615. The monoisotopic (exact) mass is 686 g/mol. The molecule has 5 atom stereocenters. The Bertz CT molecular complexity index is 1860. The van der Waals surface area contributed by atoms with E-state index < -0.39 is 18.1 Å². The summed E-state index contributed by atoms with van der Waals surface area (Å²) in [7, 11) is 3.53. The van der Waals surface area contributed by atoms with Gasteiger partial charge in [-0.25, -0.2) is 0 Å². The highest BCUT2D eigenvalue weighted by atomic mass is 35.5. The van der Waals surface area contributed by atoms with E-state index in [-0.39, 0.29) is 55.4 Å². The maximum absolute atomic E-state index is 13.4. The van der Waals surface area contributed by atoms with Crippen LogP contribution in [0.25, 0.3) is 0 Å². The second-order valence-corrected chi connectivity index (χ2v) is 13.4. The highest BCUT2D eigenvalue weighted by Crippen LogP contribution is 2.58. The number of phenolic OH excluding ortho intramolecular Hbond substituents is 1. The minimum Gasteiger partial charge on any atom is -0.504 e. The third-order valence-corrected chi connectivity index (χ3v) is 10.8. The van der Waals surface area contributed by atoms with Gasteiger partial charge in [-0.1, -0.05) is 36.4 Å². The number of nitriles is 1. The predicted octanol–water partition coefficient (Wildman–Crippen LogP) is 4.41. The van der Waals surface area contributed by atoms with E-state index in [1.807, 2.05) is 57.3 Å². The van der Waals surface area contributed by atoms with Crippen molar-refractivity contribution in [3.8, 4) is 34.8 Å². The molecule has 7 rings (SSSR count). The fourth-order valence-corrected chi connectivity index (χ4v) is 8.56. The highest BCUT2D eigenvalue weighted by Gasteiger charge is 2.56. The molecular weight excluding hydrogens is 648 g/mol. The van der Waals surface area contributed by atoms with Crippen molar-refractivity contribution in [2.24, 2.45) is 0 Å². The lowest BCUT2D eigenvalue weighted by atomic mass is 9.71. The number of hydrogen-bond acceptors (Lipinski definition) is 10. The van der Waals surface area contributed by atoms with Crippen LogP contribution in [0.3, 0.4) is 0 Å². The Morgan fingerprint density at radius 2 is 1.86 bits per heavy atom. The maximum Gasteiger partial charge on any atom is 0.326 e. The van der Waals surface area contributed by atoms with Crippen molar-refractivity contribution in [2.45, 2.75) is 69.7 Å². The smallest absolute Gasteiger partial charge is 0.326 e. The van der Waals surface area contributed by atoms with Crippen molar-refractivity contribution in [1.29, 1.82) is 5.26 Å². The van der Waals surface area contributed by atoms with E-state index >= 15 is 0 Å². The fraction of sp³-hybridized carbons (Fsp3) is 0.432. The molecule has 2 bridgehead atoms. The Labute approximate surface area is 290 Å². The largest absolute Gasteiger partial charge is 0.504 e. The van der Waals surface area contributed by atoms with E-state index in [0.717, 1.165) is 27.8 Å². The van der Waals surface area contributed by atoms with E-state index in [1.165, 1.54) is 0 Å². The zero-order valence-corrected chi connectivity index (χ0v) is 28.7. The number of aromatic hydroxyl groups is 1. The van der Waals surface area contributed by atoms with Crippen LogP contribution >= 0.6 is 11.6 Å². The van der Waals surface area contributed by atoms with Crippen molar-refractivity contribution in [3.63, 3.8) is 0 Å². The quantitative estimate of drug-likeness (QED) is 0.199. The summed E-state index contributed by atoms with van der Waals surface area (Å²) in [6.45, 7) is 3.85. The van der Waals surface area contributed by atoms with Crippen LogP contribution in [0.4, 0.5) is 0 Å². The summed E-state index contributed by atoms with van der Waals surface area (Å²) in [5.74, 6) is 0.712. The van der Waals surface area contributed by atoms with Crippen LogP contribution in [0.1, 0.15) is 57.4 Å². The molecule has 0 aromatic heterocycles. The van der Waals surface area contributed by atoms with Gasteiger partial charge in [0.1, 0.15) is 17.7 Å². The first kappa shape index (κ1) is 33.0. The molecule has 1 fully saturated rings. The molecule has 256 valence electrons. The molecule has 3 aromatic rings. The van der Waals surface area contributed by atoms with Gasteiger partial charge in [0, 0.05) is 47.3 Å². The van der Waals surface area contributed by atoms with Gasteiger partial charge in [0.25, 0.3) is 0 Å². The molecule has 0 aliphatic carbocycles. The van der Waals surface area contributed by atoms with Crippen LogP contribution in [0.15, 0.2) is 36.4 Å². The van der Waals surface area contributed by atoms with Crippen molar-refractivity contribution < 1.29 is 33.6 Å². The van der Waals surface area contributed by atoms with Crippen LogP contribution < -0.4 is 24.3 Å².